The van der Waals surface area contributed by atoms with Crippen molar-refractivity contribution in [3.05, 3.63) is 77.3 Å². The second-order valence-corrected chi connectivity index (χ2v) is 5.84. The third-order valence-electron chi connectivity index (χ3n) is 4.09. The molecule has 0 atom stereocenters. The van der Waals surface area contributed by atoms with Gasteiger partial charge in [0.1, 0.15) is 11.6 Å². The lowest BCUT2D eigenvalue weighted by molar-refractivity contribution is -0.118. The Morgan fingerprint density at radius 2 is 2.00 bits per heavy atom. The predicted octanol–water partition coefficient (Wildman–Crippen LogP) is 3.74. The highest BCUT2D eigenvalue weighted by molar-refractivity contribution is 5.95. The quantitative estimate of drug-likeness (QED) is 0.810. The van der Waals surface area contributed by atoms with Crippen LogP contribution in [-0.4, -0.2) is 23.8 Å². The topological polar surface area (TPSA) is 29.5 Å². The van der Waals surface area contributed by atoms with E-state index in [0.717, 1.165) is 18.7 Å². The Bertz CT molecular complexity index is 755. The van der Waals surface area contributed by atoms with Crippen molar-refractivity contribution in [2.24, 2.45) is 0 Å². The van der Waals surface area contributed by atoms with E-state index in [9.17, 15) is 9.18 Å². The van der Waals surface area contributed by atoms with Crippen molar-refractivity contribution in [2.75, 3.05) is 13.1 Å². The van der Waals surface area contributed by atoms with Crippen LogP contribution in [0.1, 0.15) is 18.1 Å². The zero-order valence-corrected chi connectivity index (χ0v) is 13.7. The molecule has 0 spiro atoms. The number of carbonyl (C=O) groups excluding carboxylic acids is 1. The third kappa shape index (κ3) is 3.89. The molecule has 0 unspecified atom stereocenters. The maximum atomic E-state index is 13.2. The number of ketones is 1. The molecule has 24 heavy (non-hydrogen) atoms. The van der Waals surface area contributed by atoms with Gasteiger partial charge in [-0.3, -0.25) is 9.69 Å². The van der Waals surface area contributed by atoms with E-state index < -0.39 is 0 Å². The average Bonchev–Trinajstić information content (AvgIpc) is 2.61. The predicted molar refractivity (Wildman–Crippen MR) is 91.2 cm³/mol. The van der Waals surface area contributed by atoms with Crippen molar-refractivity contribution >= 4 is 5.78 Å². The van der Waals surface area contributed by atoms with E-state index in [0.29, 0.717) is 24.5 Å². The minimum Gasteiger partial charge on any atom is -0.454 e. The number of carbonyl (C=O) groups is 1. The fourth-order valence-corrected chi connectivity index (χ4v) is 2.74. The number of likely N-dealkylation sites (N-methyl/N-ethyl adjacent to an activating group) is 1. The van der Waals surface area contributed by atoms with Gasteiger partial charge in [-0.2, -0.15) is 0 Å². The van der Waals surface area contributed by atoms with Crippen LogP contribution < -0.4 is 4.74 Å². The van der Waals surface area contributed by atoms with Crippen LogP contribution in [0.5, 0.6) is 5.75 Å². The molecule has 0 radical (unpaired) electrons. The maximum Gasteiger partial charge on any atom is 0.211 e. The highest BCUT2D eigenvalue weighted by atomic mass is 19.1. The summed E-state index contributed by atoms with van der Waals surface area (Å²) < 4.78 is 18.9. The van der Waals surface area contributed by atoms with Crippen molar-refractivity contribution in [3.63, 3.8) is 0 Å². The van der Waals surface area contributed by atoms with E-state index in [4.69, 9.17) is 4.74 Å². The van der Waals surface area contributed by atoms with E-state index in [-0.39, 0.29) is 11.6 Å². The first-order valence-electron chi connectivity index (χ1n) is 8.11. The Morgan fingerprint density at radius 3 is 2.75 bits per heavy atom. The summed E-state index contributed by atoms with van der Waals surface area (Å²) in [5, 5.41) is 0. The van der Waals surface area contributed by atoms with Crippen molar-refractivity contribution in [1.29, 1.82) is 0 Å². The van der Waals surface area contributed by atoms with Gasteiger partial charge in [0.2, 0.25) is 5.78 Å². The van der Waals surface area contributed by atoms with E-state index >= 15 is 0 Å². The number of Topliss-reactive ketones (excluding diaryl/α,β-unsaturated/α-hetero) is 1. The van der Waals surface area contributed by atoms with Gasteiger partial charge >= 0.3 is 0 Å². The summed E-state index contributed by atoms with van der Waals surface area (Å²) in [6, 6.07) is 14.4. The minimum absolute atomic E-state index is 0.0530. The molecule has 2 aromatic rings. The van der Waals surface area contributed by atoms with Crippen LogP contribution in [0, 0.1) is 5.82 Å². The first-order valence-corrected chi connectivity index (χ1v) is 8.11. The van der Waals surface area contributed by atoms with Gasteiger partial charge in [-0.15, -0.1) is 0 Å². The monoisotopic (exact) mass is 325 g/mol. The van der Waals surface area contributed by atoms with Crippen molar-refractivity contribution in [2.45, 2.75) is 19.9 Å². The molecule has 1 aliphatic heterocycles. The molecule has 0 bridgehead atoms. The molecular formula is C20H20FNO2. The molecule has 0 saturated carbocycles. The van der Waals surface area contributed by atoms with Crippen LogP contribution >= 0.6 is 0 Å². The summed E-state index contributed by atoms with van der Waals surface area (Å²) >= 11 is 0. The van der Waals surface area contributed by atoms with Gasteiger partial charge in [-0.1, -0.05) is 37.3 Å². The van der Waals surface area contributed by atoms with Gasteiger partial charge in [0, 0.05) is 12.1 Å². The summed E-state index contributed by atoms with van der Waals surface area (Å²) in [5.41, 5.74) is 1.94. The van der Waals surface area contributed by atoms with Gasteiger partial charge in [-0.25, -0.2) is 4.39 Å². The number of halogens is 1. The summed E-state index contributed by atoms with van der Waals surface area (Å²) in [7, 11) is 0. The number of nitrogens with zero attached hydrogens (tertiary/aromatic N) is 1. The summed E-state index contributed by atoms with van der Waals surface area (Å²) in [4.78, 5) is 14.6. The lowest BCUT2D eigenvalue weighted by Gasteiger charge is -2.22. The zero-order chi connectivity index (χ0) is 16.9. The van der Waals surface area contributed by atoms with Gasteiger partial charge < -0.3 is 4.74 Å². The second-order valence-electron chi connectivity index (χ2n) is 5.84. The van der Waals surface area contributed by atoms with E-state index in [2.05, 4.69) is 4.90 Å². The molecule has 3 rings (SSSR count). The van der Waals surface area contributed by atoms with Crippen molar-refractivity contribution in [1.82, 2.24) is 4.90 Å². The molecule has 1 heterocycles. The van der Waals surface area contributed by atoms with Crippen LogP contribution in [0.15, 0.2) is 60.4 Å². The normalized spacial score (nSPS) is 13.2. The first-order chi connectivity index (χ1) is 11.7. The van der Waals surface area contributed by atoms with Gasteiger partial charge in [-0.05, 0) is 42.8 Å². The molecular weight excluding hydrogens is 305 g/mol. The molecule has 0 aliphatic carbocycles. The van der Waals surface area contributed by atoms with Crippen LogP contribution in [0.25, 0.3) is 0 Å². The molecule has 0 fully saturated rings. The Hall–Kier alpha value is -2.46. The molecule has 0 saturated heterocycles. The Morgan fingerprint density at radius 1 is 1.21 bits per heavy atom. The maximum absolute atomic E-state index is 13.2. The van der Waals surface area contributed by atoms with Gasteiger partial charge in [0.25, 0.3) is 0 Å². The Kier molecular flexibility index (Phi) is 5.06. The molecule has 2 aromatic carbocycles. The lowest BCUT2D eigenvalue weighted by atomic mass is 10.1. The number of benzene rings is 2. The molecule has 124 valence electrons. The van der Waals surface area contributed by atoms with Gasteiger partial charge in [0.05, 0.1) is 6.54 Å². The van der Waals surface area contributed by atoms with Crippen LogP contribution in [0.4, 0.5) is 4.39 Å². The fraction of sp³-hybridized carbons (Fsp3) is 0.250. The molecule has 1 aliphatic rings. The number of hydrogen-bond acceptors (Lipinski definition) is 3. The number of hydrogen-bond donors (Lipinski definition) is 0. The largest absolute Gasteiger partial charge is 0.454 e. The van der Waals surface area contributed by atoms with Crippen LogP contribution in [-0.2, 0) is 17.8 Å². The highest BCUT2D eigenvalue weighted by Gasteiger charge is 2.20. The van der Waals surface area contributed by atoms with Gasteiger partial charge in [0.15, 0.2) is 5.76 Å². The standard InChI is InChI=1S/C20H20FNO2/c1-2-22(13-15-6-4-3-5-7-15)14-18(23)20-10-8-16-12-17(21)9-11-19(16)24-20/h3-7,9-12H,2,8,13-14H2,1H3. The SMILES string of the molecule is CCN(CC(=O)C1=CCc2cc(F)ccc2O1)Cc1ccccc1. The molecule has 0 aromatic heterocycles. The van der Waals surface area contributed by atoms with E-state index in [1.54, 1.807) is 12.1 Å². The van der Waals surface area contributed by atoms with Crippen molar-refractivity contribution in [3.8, 4) is 5.75 Å². The number of fused-ring (bicyclic) bond motifs is 1. The fourth-order valence-electron chi connectivity index (χ4n) is 2.74. The van der Waals surface area contributed by atoms with E-state index in [1.807, 2.05) is 37.3 Å². The second kappa shape index (κ2) is 7.41. The number of rotatable bonds is 6. The first kappa shape index (κ1) is 16.4. The summed E-state index contributed by atoms with van der Waals surface area (Å²) in [6.45, 7) is 3.83. The summed E-state index contributed by atoms with van der Waals surface area (Å²) in [5.74, 6) is 0.567. The van der Waals surface area contributed by atoms with Crippen LogP contribution in [0.2, 0.25) is 0 Å². The number of ether oxygens (including phenoxy) is 1. The minimum atomic E-state index is -0.291. The zero-order valence-electron chi connectivity index (χ0n) is 13.7. The van der Waals surface area contributed by atoms with Crippen LogP contribution in [0.3, 0.4) is 0 Å². The Balaban J connectivity index is 1.64. The Labute approximate surface area is 141 Å². The summed E-state index contributed by atoms with van der Waals surface area (Å²) in [6.07, 6.45) is 2.25. The number of allylic oxidation sites excluding steroid dienone is 1. The van der Waals surface area contributed by atoms with E-state index in [1.165, 1.54) is 17.7 Å². The molecule has 0 N–H and O–H groups in total. The molecule has 4 heteroatoms. The average molecular weight is 325 g/mol. The highest BCUT2D eigenvalue weighted by Crippen LogP contribution is 2.27. The van der Waals surface area contributed by atoms with Crippen molar-refractivity contribution < 1.29 is 13.9 Å². The molecule has 0 amide bonds. The smallest absolute Gasteiger partial charge is 0.211 e. The molecule has 3 nitrogen and oxygen atoms in total. The third-order valence-corrected chi connectivity index (χ3v) is 4.09. The lowest BCUT2D eigenvalue weighted by Crippen LogP contribution is -2.31.